The fourth-order valence-corrected chi connectivity index (χ4v) is 3.81. The Kier molecular flexibility index (Phi) is 6.97. The van der Waals surface area contributed by atoms with Gasteiger partial charge in [0.05, 0.1) is 0 Å². The maximum absolute atomic E-state index is 4.52. The minimum Gasteiger partial charge on any atom is -0.575 e. The van der Waals surface area contributed by atoms with E-state index in [0.717, 1.165) is 33.9 Å². The van der Waals surface area contributed by atoms with Crippen LogP contribution in [0.1, 0.15) is 0 Å². The zero-order valence-electron chi connectivity index (χ0n) is 19.5. The van der Waals surface area contributed by atoms with Crippen molar-refractivity contribution < 1.29 is 19.8 Å². The van der Waals surface area contributed by atoms with Crippen LogP contribution in [0.25, 0.3) is 34.2 Å². The van der Waals surface area contributed by atoms with Crippen molar-refractivity contribution in [2.24, 2.45) is 0 Å². The van der Waals surface area contributed by atoms with E-state index < -0.39 is 0 Å². The Morgan fingerprint density at radius 3 is 2.11 bits per heavy atom. The molecule has 0 aliphatic carbocycles. The summed E-state index contributed by atoms with van der Waals surface area (Å²) in [5, 5.41) is 7.80. The Labute approximate surface area is 226 Å². The number of aromatic nitrogens is 8. The van der Waals surface area contributed by atoms with Crippen molar-refractivity contribution in [3.8, 4) is 34.2 Å². The van der Waals surface area contributed by atoms with Crippen LogP contribution in [0.3, 0.4) is 0 Å². The van der Waals surface area contributed by atoms with E-state index in [1.807, 2.05) is 66.0 Å². The number of hydrogen-bond donors (Lipinski definition) is 0. The van der Waals surface area contributed by atoms with Gasteiger partial charge in [0.2, 0.25) is 0 Å². The van der Waals surface area contributed by atoms with Gasteiger partial charge in [-0.3, -0.25) is 0 Å². The predicted octanol–water partition coefficient (Wildman–Crippen LogP) is 3.29. The second-order valence-corrected chi connectivity index (χ2v) is 7.79. The summed E-state index contributed by atoms with van der Waals surface area (Å²) in [6.07, 6.45) is 10.0. The van der Waals surface area contributed by atoms with E-state index >= 15 is 0 Å². The average molecular weight is 661 g/mol. The van der Waals surface area contributed by atoms with Crippen LogP contribution < -0.4 is 29.9 Å². The van der Waals surface area contributed by atoms with Crippen LogP contribution in [-0.4, -0.2) is 27.1 Å². The first-order chi connectivity index (χ1) is 17.8. The van der Waals surface area contributed by atoms with Crippen molar-refractivity contribution in [1.82, 2.24) is 40.1 Å². The quantitative estimate of drug-likeness (QED) is 0.261. The molecule has 0 fully saturated rings. The second kappa shape index (κ2) is 10.6. The maximum atomic E-state index is 4.52. The summed E-state index contributed by atoms with van der Waals surface area (Å²) < 4.78 is 0. The minimum absolute atomic E-state index is 0. The first kappa shape index (κ1) is 24.2. The number of fused-ring (bicyclic) bond motifs is 1. The van der Waals surface area contributed by atoms with Crippen molar-refractivity contribution in [3.05, 3.63) is 98.4 Å². The van der Waals surface area contributed by atoms with E-state index in [2.05, 4.69) is 52.2 Å². The summed E-state index contributed by atoms with van der Waals surface area (Å²) in [5.41, 5.74) is 5.38. The van der Waals surface area contributed by atoms with Gasteiger partial charge in [-0.15, -0.1) is 52.7 Å². The zero-order chi connectivity index (χ0) is 24.3. The summed E-state index contributed by atoms with van der Waals surface area (Å²) in [6, 6.07) is 18.9. The van der Waals surface area contributed by atoms with Crippen molar-refractivity contribution in [1.29, 1.82) is 0 Å². The summed E-state index contributed by atoms with van der Waals surface area (Å²) in [5.74, 6) is 1.99. The van der Waals surface area contributed by atoms with Crippen molar-refractivity contribution in [3.63, 3.8) is 0 Å². The van der Waals surface area contributed by atoms with Crippen LogP contribution in [-0.2, 0) is 19.8 Å². The smallest absolute Gasteiger partial charge is 0.575 e. The summed E-state index contributed by atoms with van der Waals surface area (Å²) in [6.45, 7) is 1.97. The van der Waals surface area contributed by atoms with Gasteiger partial charge < -0.3 is 49.9 Å². The molecule has 4 aromatic heterocycles. The monoisotopic (exact) mass is 662 g/mol. The third kappa shape index (κ3) is 4.94. The van der Waals surface area contributed by atoms with E-state index in [0.29, 0.717) is 17.6 Å². The topological polar surface area (TPSA) is 114 Å². The van der Waals surface area contributed by atoms with Gasteiger partial charge in [0.15, 0.2) is 0 Å². The molecule has 1 aliphatic heterocycles. The molecule has 180 valence electrons. The maximum Gasteiger partial charge on any atom is 6.00 e. The largest absolute Gasteiger partial charge is 6.00 e. The Morgan fingerprint density at radius 2 is 1.49 bits per heavy atom. The van der Waals surface area contributed by atoms with Crippen LogP contribution in [0.4, 0.5) is 17.3 Å². The van der Waals surface area contributed by atoms with Gasteiger partial charge in [-0.2, -0.15) is 0 Å². The second-order valence-electron chi connectivity index (χ2n) is 7.79. The van der Waals surface area contributed by atoms with Gasteiger partial charge in [0.25, 0.3) is 0 Å². The van der Waals surface area contributed by atoms with Gasteiger partial charge in [-0.1, -0.05) is 49.1 Å². The molecule has 0 saturated carbocycles. The van der Waals surface area contributed by atoms with Crippen molar-refractivity contribution >= 4 is 17.3 Å². The van der Waals surface area contributed by atoms with Gasteiger partial charge in [0.1, 0.15) is 0 Å². The molecule has 2 aromatic carbocycles. The predicted molar refractivity (Wildman–Crippen MR) is 134 cm³/mol. The van der Waals surface area contributed by atoms with Gasteiger partial charge in [0, 0.05) is 11.9 Å². The standard InChI is InChI=1S/C14H11N6.C12H7N4.Os/c1-19-9-20(13-5-3-2-4-12(13)19)14-15-8-11(17-14)10-6-7-16-18-10;1-2-9(11-13-4-5-14-11)8-10(3-1)12-15-6-7-16-12;/h2-9H,1H3;1-7H;/q2*-3;+6. The van der Waals surface area contributed by atoms with E-state index in [9.17, 15) is 0 Å². The van der Waals surface area contributed by atoms with Crippen LogP contribution >= 0.6 is 0 Å². The zero-order valence-corrected chi connectivity index (χ0v) is 22.0. The Hall–Kier alpha value is -4.48. The molecule has 0 bridgehead atoms. The average Bonchev–Trinajstić information content (AvgIpc) is 3.76. The van der Waals surface area contributed by atoms with Crippen LogP contribution in [0.15, 0.2) is 85.7 Å². The molecule has 0 amide bonds. The molecule has 0 spiro atoms. The van der Waals surface area contributed by atoms with E-state index in [1.54, 1.807) is 37.2 Å². The number of para-hydroxylation sites is 2. The normalized spacial score (nSPS) is 12.0. The van der Waals surface area contributed by atoms with Crippen LogP contribution in [0, 0.1) is 12.7 Å². The fourth-order valence-electron chi connectivity index (χ4n) is 3.81. The Balaban J connectivity index is 0.000000151. The summed E-state index contributed by atoms with van der Waals surface area (Å²) in [4.78, 5) is 29.4. The molecule has 0 radical (unpaired) electrons. The Bertz CT molecular complexity index is 1490. The summed E-state index contributed by atoms with van der Waals surface area (Å²) in [7, 11) is 2.01. The van der Waals surface area contributed by atoms with E-state index in [4.69, 9.17) is 0 Å². The van der Waals surface area contributed by atoms with E-state index in [1.165, 1.54) is 0 Å². The first-order valence-corrected chi connectivity index (χ1v) is 11.1. The first-order valence-electron chi connectivity index (χ1n) is 11.1. The number of nitrogens with zero attached hydrogens (tertiary/aromatic N) is 10. The minimum atomic E-state index is 0. The molecule has 11 heteroatoms. The van der Waals surface area contributed by atoms with Crippen LogP contribution in [0.5, 0.6) is 0 Å². The molecule has 0 unspecified atom stereocenters. The van der Waals surface area contributed by atoms with Gasteiger partial charge in [-0.05, 0) is 36.6 Å². The molecule has 0 N–H and O–H groups in total. The van der Waals surface area contributed by atoms with Gasteiger partial charge in [-0.25, -0.2) is 6.67 Å². The number of imidazole rings is 3. The van der Waals surface area contributed by atoms with Crippen molar-refractivity contribution in [2.45, 2.75) is 0 Å². The molecule has 7 rings (SSSR count). The molecular weight excluding hydrogens is 643 g/mol. The molecule has 10 nitrogen and oxygen atoms in total. The molecular formula is C26H18N10Os. The van der Waals surface area contributed by atoms with E-state index in [-0.39, 0.29) is 19.8 Å². The van der Waals surface area contributed by atoms with Crippen molar-refractivity contribution in [2.75, 3.05) is 16.8 Å². The molecule has 1 aliphatic rings. The number of rotatable bonds is 4. The third-order valence-corrected chi connectivity index (χ3v) is 5.47. The van der Waals surface area contributed by atoms with Gasteiger partial charge >= 0.3 is 19.8 Å². The molecule has 6 aromatic rings. The molecule has 0 saturated heterocycles. The Morgan fingerprint density at radius 1 is 0.784 bits per heavy atom. The fraction of sp³-hybridized carbons (Fsp3) is 0.0385. The molecule has 37 heavy (non-hydrogen) atoms. The molecule has 5 heterocycles. The molecule has 0 atom stereocenters. The SMILES string of the molecule is CN1[CH-]N(c2ncc(-c3ccn[n-]3)[n-]2)c2ccccc21.[Os+6].[c-]1c(-c2ncc[n-]2)cccc1-c1ncc[n-]1. The number of hydrogen-bond acceptors (Lipinski definition) is 6. The third-order valence-electron chi connectivity index (χ3n) is 5.47. The number of benzene rings is 2. The summed E-state index contributed by atoms with van der Waals surface area (Å²) >= 11 is 0. The number of anilines is 3. The van der Waals surface area contributed by atoms with Crippen LogP contribution in [0.2, 0.25) is 0 Å².